The Hall–Kier alpha value is 0.230. The van der Waals surface area contributed by atoms with Crippen molar-refractivity contribution in [3.63, 3.8) is 0 Å². The highest BCUT2D eigenvalue weighted by atomic mass is 32.3. The molecular weight excluding hydrogens is 138 g/mol. The molecule has 0 aromatic carbocycles. The quantitative estimate of drug-likeness (QED) is 0.633. The van der Waals surface area contributed by atoms with Gasteiger partial charge in [0.25, 0.3) is 0 Å². The molecule has 0 rings (SSSR count). The minimum atomic E-state index is -2.47. The van der Waals surface area contributed by atoms with Gasteiger partial charge in [0.05, 0.1) is 0 Å². The Morgan fingerprint density at radius 2 is 1.67 bits per heavy atom. The molecule has 9 heavy (non-hydrogen) atoms. The van der Waals surface area contributed by atoms with Gasteiger partial charge < -0.3 is 0 Å². The third-order valence-corrected chi connectivity index (χ3v) is 2.79. The third-order valence-electron chi connectivity index (χ3n) is 1.27. The first-order valence-electron chi connectivity index (χ1n) is 2.82. The van der Waals surface area contributed by atoms with Crippen molar-refractivity contribution in [1.82, 2.24) is 4.31 Å². The number of hydrogen-bond donors (Lipinski definition) is 2. The van der Waals surface area contributed by atoms with Crippen LogP contribution in [0.4, 0.5) is 0 Å². The van der Waals surface area contributed by atoms with E-state index in [9.17, 15) is 0 Å². The van der Waals surface area contributed by atoms with E-state index in [1.807, 2.05) is 13.8 Å². The summed E-state index contributed by atoms with van der Waals surface area (Å²) in [6.45, 7) is 3.83. The van der Waals surface area contributed by atoms with Crippen LogP contribution < -0.4 is 0 Å². The zero-order valence-corrected chi connectivity index (χ0v) is 7.14. The molecule has 0 fully saturated rings. The lowest BCUT2D eigenvalue weighted by molar-refractivity contribution is 0.352. The normalized spacial score (nSPS) is 15.1. The number of rotatable bonds is 2. The minimum Gasteiger partial charge on any atom is -0.286 e. The molecule has 0 spiro atoms. The summed E-state index contributed by atoms with van der Waals surface area (Å²) in [5.74, 6) is 0. The van der Waals surface area contributed by atoms with Crippen molar-refractivity contribution in [2.45, 2.75) is 19.9 Å². The van der Waals surface area contributed by atoms with E-state index in [4.69, 9.17) is 9.11 Å². The van der Waals surface area contributed by atoms with Crippen LogP contribution in [0.1, 0.15) is 13.8 Å². The van der Waals surface area contributed by atoms with Crippen LogP contribution in [0.3, 0.4) is 0 Å². The van der Waals surface area contributed by atoms with Crippen LogP contribution in [0.15, 0.2) is 0 Å². The standard InChI is InChI=1S/C5H15NO2S/c1-5(2)6(3)9(4,7)8/h5,7-8H,1-4H3. The summed E-state index contributed by atoms with van der Waals surface area (Å²) in [6.07, 6.45) is 1.42. The topological polar surface area (TPSA) is 43.7 Å². The van der Waals surface area contributed by atoms with Crippen molar-refractivity contribution in [2.24, 2.45) is 0 Å². The van der Waals surface area contributed by atoms with E-state index in [1.165, 1.54) is 6.26 Å². The summed E-state index contributed by atoms with van der Waals surface area (Å²) in [4.78, 5) is 0. The maximum absolute atomic E-state index is 9.02. The lowest BCUT2D eigenvalue weighted by Gasteiger charge is -2.39. The predicted octanol–water partition coefficient (Wildman–Crippen LogP) is 1.62. The Morgan fingerprint density at radius 1 is 1.33 bits per heavy atom. The molecule has 0 saturated heterocycles. The maximum atomic E-state index is 9.02. The highest BCUT2D eigenvalue weighted by Crippen LogP contribution is 2.38. The molecule has 0 amide bonds. The largest absolute Gasteiger partial charge is 0.286 e. The van der Waals surface area contributed by atoms with E-state index in [1.54, 1.807) is 11.4 Å². The summed E-state index contributed by atoms with van der Waals surface area (Å²) in [5.41, 5.74) is 0. The van der Waals surface area contributed by atoms with Crippen molar-refractivity contribution >= 4 is 10.8 Å². The Morgan fingerprint density at radius 3 is 1.67 bits per heavy atom. The Balaban J connectivity index is 3.88. The van der Waals surface area contributed by atoms with Gasteiger partial charge in [-0.1, -0.05) is 0 Å². The fourth-order valence-corrected chi connectivity index (χ4v) is 1.20. The van der Waals surface area contributed by atoms with E-state index in [-0.39, 0.29) is 6.04 Å². The van der Waals surface area contributed by atoms with Gasteiger partial charge in [0.1, 0.15) is 0 Å². The lowest BCUT2D eigenvalue weighted by atomic mass is 10.4. The van der Waals surface area contributed by atoms with Crippen molar-refractivity contribution in [2.75, 3.05) is 13.3 Å². The summed E-state index contributed by atoms with van der Waals surface area (Å²) in [5, 5.41) is 0. The monoisotopic (exact) mass is 153 g/mol. The second-order valence-corrected chi connectivity index (χ2v) is 4.59. The van der Waals surface area contributed by atoms with Gasteiger partial charge in [0, 0.05) is 19.3 Å². The molecule has 0 saturated carbocycles. The van der Waals surface area contributed by atoms with Crippen molar-refractivity contribution in [3.8, 4) is 0 Å². The highest BCUT2D eigenvalue weighted by molar-refractivity contribution is 8.21. The van der Waals surface area contributed by atoms with E-state index < -0.39 is 10.8 Å². The van der Waals surface area contributed by atoms with Crippen molar-refractivity contribution in [3.05, 3.63) is 0 Å². The molecule has 58 valence electrons. The van der Waals surface area contributed by atoms with Gasteiger partial charge >= 0.3 is 0 Å². The molecule has 0 aliphatic rings. The molecule has 0 radical (unpaired) electrons. The summed E-state index contributed by atoms with van der Waals surface area (Å²) in [7, 11) is -0.774. The van der Waals surface area contributed by atoms with Gasteiger partial charge in [-0.05, 0) is 13.8 Å². The number of nitrogens with zero attached hydrogens (tertiary/aromatic N) is 1. The minimum absolute atomic E-state index is 0.181. The van der Waals surface area contributed by atoms with Crippen LogP contribution in [-0.2, 0) is 0 Å². The fraction of sp³-hybridized carbons (Fsp3) is 1.00. The van der Waals surface area contributed by atoms with Crippen LogP contribution in [0.5, 0.6) is 0 Å². The van der Waals surface area contributed by atoms with Crippen molar-refractivity contribution in [1.29, 1.82) is 0 Å². The molecule has 0 aromatic rings. The van der Waals surface area contributed by atoms with E-state index in [2.05, 4.69) is 0 Å². The van der Waals surface area contributed by atoms with Gasteiger partial charge in [0.15, 0.2) is 0 Å². The molecule has 2 N–H and O–H groups in total. The zero-order valence-electron chi connectivity index (χ0n) is 6.33. The first-order chi connectivity index (χ1) is 3.85. The second kappa shape index (κ2) is 2.88. The predicted molar refractivity (Wildman–Crippen MR) is 41.7 cm³/mol. The fourth-order valence-electron chi connectivity index (χ4n) is 0.399. The molecular formula is C5H15NO2S. The molecule has 0 aliphatic heterocycles. The van der Waals surface area contributed by atoms with Crippen molar-refractivity contribution < 1.29 is 9.11 Å². The summed E-state index contributed by atoms with van der Waals surface area (Å²) >= 11 is 0. The zero-order chi connectivity index (χ0) is 7.65. The molecule has 0 aromatic heterocycles. The molecule has 0 bridgehead atoms. The highest BCUT2D eigenvalue weighted by Gasteiger charge is 2.14. The average Bonchev–Trinajstić information content (AvgIpc) is 1.62. The van der Waals surface area contributed by atoms with Gasteiger partial charge in [0.2, 0.25) is 0 Å². The maximum Gasteiger partial charge on any atom is 0.0418 e. The van der Waals surface area contributed by atoms with Crippen LogP contribution in [0, 0.1) is 0 Å². The molecule has 3 nitrogen and oxygen atoms in total. The van der Waals surface area contributed by atoms with E-state index in [0.717, 1.165) is 0 Å². The van der Waals surface area contributed by atoms with Crippen LogP contribution in [0.25, 0.3) is 0 Å². The van der Waals surface area contributed by atoms with E-state index >= 15 is 0 Å². The molecule has 0 aliphatic carbocycles. The molecule has 0 unspecified atom stereocenters. The van der Waals surface area contributed by atoms with Gasteiger partial charge in [-0.3, -0.25) is 9.11 Å². The average molecular weight is 153 g/mol. The third kappa shape index (κ3) is 3.05. The SMILES string of the molecule is CC(C)N(C)S(C)(O)O. The van der Waals surface area contributed by atoms with Gasteiger partial charge in [-0.15, -0.1) is 10.8 Å². The Labute approximate surface area is 58.2 Å². The molecule has 0 heterocycles. The summed E-state index contributed by atoms with van der Waals surface area (Å²) < 4.78 is 19.6. The Bertz CT molecular complexity index is 89.4. The Kier molecular flexibility index (Phi) is 2.95. The van der Waals surface area contributed by atoms with Gasteiger partial charge in [-0.25, -0.2) is 4.31 Å². The van der Waals surface area contributed by atoms with Crippen LogP contribution in [0.2, 0.25) is 0 Å². The first-order valence-corrected chi connectivity index (χ1v) is 4.73. The molecule has 4 heteroatoms. The lowest BCUT2D eigenvalue weighted by Crippen LogP contribution is -2.28. The number of hydrogen-bond acceptors (Lipinski definition) is 3. The van der Waals surface area contributed by atoms with E-state index in [0.29, 0.717) is 0 Å². The second-order valence-electron chi connectivity index (χ2n) is 2.43. The van der Waals surface area contributed by atoms with Gasteiger partial charge in [-0.2, -0.15) is 0 Å². The van der Waals surface area contributed by atoms with Crippen LogP contribution >= 0.6 is 10.8 Å². The summed E-state index contributed by atoms with van der Waals surface area (Å²) in [6, 6.07) is 0.181. The molecule has 0 atom stereocenters. The smallest absolute Gasteiger partial charge is 0.0418 e. The first kappa shape index (κ1) is 9.23. The van der Waals surface area contributed by atoms with Crippen LogP contribution in [-0.4, -0.2) is 32.8 Å².